The smallest absolute Gasteiger partial charge is 0.396 e. The standard InChI is InChI=1S/C19H11Cl2F4N3O5/c1-33-18(31)17(30)26-6-27(11-5-8(20)14(24)13(21)15(11)25)19(32)28(7-26)16(29)12-9(22)3-2-4-10(12)23/h2-5H,6-7H2,1H3. The molecule has 2 aromatic rings. The Kier molecular flexibility index (Phi) is 6.79. The first-order valence-corrected chi connectivity index (χ1v) is 9.52. The average Bonchev–Trinajstić information content (AvgIpc) is 2.79. The molecule has 0 aliphatic carbocycles. The summed E-state index contributed by atoms with van der Waals surface area (Å²) in [6, 6.07) is 1.75. The Labute approximate surface area is 192 Å². The predicted octanol–water partition coefficient (Wildman–Crippen LogP) is 3.55. The number of halogens is 6. The van der Waals surface area contributed by atoms with Crippen molar-refractivity contribution >= 4 is 52.7 Å². The van der Waals surface area contributed by atoms with Crippen molar-refractivity contribution in [3.8, 4) is 0 Å². The third kappa shape index (κ3) is 4.31. The van der Waals surface area contributed by atoms with Crippen LogP contribution in [0.4, 0.5) is 28.0 Å². The van der Waals surface area contributed by atoms with E-state index in [1.165, 1.54) is 0 Å². The molecular formula is C19H11Cl2F4N3O5. The SMILES string of the molecule is COC(=O)C(=O)N1CN(C(=O)c2c(F)cccc2F)C(=O)N(c2cc(Cl)c(F)c(Cl)c2F)C1. The minimum atomic E-state index is -1.54. The predicted molar refractivity (Wildman–Crippen MR) is 105 cm³/mol. The molecule has 2 aromatic carbocycles. The molecule has 1 aliphatic heterocycles. The highest BCUT2D eigenvalue weighted by molar-refractivity contribution is 6.35. The monoisotopic (exact) mass is 507 g/mol. The number of urea groups is 1. The van der Waals surface area contributed by atoms with Gasteiger partial charge in [-0.2, -0.15) is 0 Å². The number of hydrogen-bond donors (Lipinski definition) is 0. The van der Waals surface area contributed by atoms with Crippen LogP contribution in [0.1, 0.15) is 10.4 Å². The number of carbonyl (C=O) groups excluding carboxylic acids is 4. The molecule has 0 unspecified atom stereocenters. The Morgan fingerprint density at radius 1 is 1.00 bits per heavy atom. The third-order valence-corrected chi connectivity index (χ3v) is 5.14. The lowest BCUT2D eigenvalue weighted by Gasteiger charge is -2.40. The van der Waals surface area contributed by atoms with Crippen LogP contribution >= 0.6 is 23.2 Å². The van der Waals surface area contributed by atoms with E-state index in [1.54, 1.807) is 0 Å². The van der Waals surface area contributed by atoms with Crippen LogP contribution in [0.15, 0.2) is 24.3 Å². The highest BCUT2D eigenvalue weighted by Crippen LogP contribution is 2.35. The van der Waals surface area contributed by atoms with Crippen molar-refractivity contribution < 1.29 is 41.5 Å². The number of imide groups is 1. The fourth-order valence-electron chi connectivity index (χ4n) is 2.92. The molecule has 14 heteroatoms. The second-order valence-electron chi connectivity index (χ2n) is 6.48. The van der Waals surface area contributed by atoms with Crippen LogP contribution in [0.25, 0.3) is 0 Å². The van der Waals surface area contributed by atoms with Crippen LogP contribution in [0.2, 0.25) is 10.0 Å². The zero-order valence-corrected chi connectivity index (χ0v) is 17.9. The van der Waals surface area contributed by atoms with Crippen LogP contribution in [-0.2, 0) is 14.3 Å². The molecule has 0 atom stereocenters. The molecule has 4 amide bonds. The molecule has 33 heavy (non-hydrogen) atoms. The van der Waals surface area contributed by atoms with E-state index >= 15 is 0 Å². The van der Waals surface area contributed by atoms with Crippen molar-refractivity contribution in [3.05, 3.63) is 63.1 Å². The van der Waals surface area contributed by atoms with Gasteiger partial charge in [-0.05, 0) is 18.2 Å². The van der Waals surface area contributed by atoms with E-state index < -0.39 is 81.7 Å². The number of carbonyl (C=O) groups is 4. The molecule has 0 bridgehead atoms. The van der Waals surface area contributed by atoms with Crippen molar-refractivity contribution in [3.63, 3.8) is 0 Å². The summed E-state index contributed by atoms with van der Waals surface area (Å²) in [5.41, 5.74) is -1.92. The number of methoxy groups -OCH3 is 1. The zero-order valence-electron chi connectivity index (χ0n) is 16.4. The second-order valence-corrected chi connectivity index (χ2v) is 7.26. The van der Waals surface area contributed by atoms with Crippen LogP contribution in [0.3, 0.4) is 0 Å². The van der Waals surface area contributed by atoms with Crippen molar-refractivity contribution in [2.24, 2.45) is 0 Å². The lowest BCUT2D eigenvalue weighted by atomic mass is 10.1. The van der Waals surface area contributed by atoms with E-state index in [-0.39, 0.29) is 4.90 Å². The van der Waals surface area contributed by atoms with Crippen LogP contribution in [0, 0.1) is 23.3 Å². The van der Waals surface area contributed by atoms with Crippen molar-refractivity contribution in [2.75, 3.05) is 25.3 Å². The first kappa shape index (κ1) is 24.3. The Bertz CT molecular complexity index is 1180. The maximum Gasteiger partial charge on any atom is 0.396 e. The van der Waals surface area contributed by atoms with E-state index in [4.69, 9.17) is 23.2 Å². The Hall–Kier alpha value is -3.38. The quantitative estimate of drug-likeness (QED) is 0.204. The molecule has 0 radical (unpaired) electrons. The fourth-order valence-corrected chi connectivity index (χ4v) is 3.37. The number of amides is 4. The molecule has 3 rings (SSSR count). The number of nitrogens with zero attached hydrogens (tertiary/aromatic N) is 3. The fraction of sp³-hybridized carbons (Fsp3) is 0.158. The molecular weight excluding hydrogens is 497 g/mol. The van der Waals surface area contributed by atoms with Crippen LogP contribution in [-0.4, -0.2) is 54.1 Å². The minimum Gasteiger partial charge on any atom is -0.462 e. The maximum atomic E-state index is 14.7. The number of ether oxygens (including phenoxy) is 1. The molecule has 1 fully saturated rings. The summed E-state index contributed by atoms with van der Waals surface area (Å²) in [4.78, 5) is 51.1. The van der Waals surface area contributed by atoms with Crippen molar-refractivity contribution in [1.29, 1.82) is 0 Å². The molecule has 1 aliphatic rings. The Morgan fingerprint density at radius 3 is 2.18 bits per heavy atom. The molecule has 1 saturated heterocycles. The van der Waals surface area contributed by atoms with Gasteiger partial charge in [0.25, 0.3) is 5.91 Å². The van der Waals surface area contributed by atoms with Gasteiger partial charge in [0.1, 0.15) is 35.6 Å². The molecule has 0 aromatic heterocycles. The van der Waals surface area contributed by atoms with Crippen LogP contribution in [0.5, 0.6) is 0 Å². The lowest BCUT2D eigenvalue weighted by molar-refractivity contribution is -0.159. The number of benzene rings is 2. The average molecular weight is 508 g/mol. The van der Waals surface area contributed by atoms with Crippen molar-refractivity contribution in [1.82, 2.24) is 9.80 Å². The number of esters is 1. The van der Waals surface area contributed by atoms with Gasteiger partial charge in [-0.15, -0.1) is 0 Å². The first-order chi connectivity index (χ1) is 15.5. The van der Waals surface area contributed by atoms with E-state index in [0.717, 1.165) is 25.3 Å². The summed E-state index contributed by atoms with van der Waals surface area (Å²) in [6.07, 6.45) is 0. The van der Waals surface area contributed by atoms with Gasteiger partial charge in [-0.3, -0.25) is 19.4 Å². The number of rotatable bonds is 2. The summed E-state index contributed by atoms with van der Waals surface area (Å²) >= 11 is 11.2. The summed E-state index contributed by atoms with van der Waals surface area (Å²) in [7, 11) is 0.879. The van der Waals surface area contributed by atoms with E-state index in [9.17, 15) is 36.7 Å². The second kappa shape index (κ2) is 9.24. The lowest BCUT2D eigenvalue weighted by Crippen LogP contribution is -2.62. The van der Waals surface area contributed by atoms with E-state index in [2.05, 4.69) is 4.74 Å². The molecule has 0 N–H and O–H groups in total. The zero-order chi connectivity index (χ0) is 24.6. The molecule has 8 nitrogen and oxygen atoms in total. The van der Waals surface area contributed by atoms with Gasteiger partial charge in [0.2, 0.25) is 0 Å². The topological polar surface area (TPSA) is 87.2 Å². The van der Waals surface area contributed by atoms with E-state index in [0.29, 0.717) is 15.9 Å². The molecule has 174 valence electrons. The summed E-state index contributed by atoms with van der Waals surface area (Å²) in [5.74, 6) is -9.80. The Morgan fingerprint density at radius 2 is 1.61 bits per heavy atom. The largest absolute Gasteiger partial charge is 0.462 e. The molecule has 1 heterocycles. The van der Waals surface area contributed by atoms with Gasteiger partial charge >= 0.3 is 17.9 Å². The maximum absolute atomic E-state index is 14.7. The molecule has 0 saturated carbocycles. The first-order valence-electron chi connectivity index (χ1n) is 8.77. The normalized spacial score (nSPS) is 13.9. The highest BCUT2D eigenvalue weighted by atomic mass is 35.5. The van der Waals surface area contributed by atoms with Gasteiger partial charge in [0, 0.05) is 0 Å². The van der Waals surface area contributed by atoms with E-state index in [1.807, 2.05) is 0 Å². The number of anilines is 1. The summed E-state index contributed by atoms with van der Waals surface area (Å²) < 4.78 is 61.1. The number of hydrogen-bond acceptors (Lipinski definition) is 5. The van der Waals surface area contributed by atoms with Gasteiger partial charge < -0.3 is 4.74 Å². The van der Waals surface area contributed by atoms with Gasteiger partial charge in [0.15, 0.2) is 11.6 Å². The van der Waals surface area contributed by atoms with Gasteiger partial charge in [0.05, 0.1) is 17.8 Å². The Balaban J connectivity index is 2.13. The summed E-state index contributed by atoms with van der Waals surface area (Å²) in [6.45, 7) is -1.79. The molecule has 0 spiro atoms. The minimum absolute atomic E-state index is 0.177. The van der Waals surface area contributed by atoms with Crippen molar-refractivity contribution in [2.45, 2.75) is 0 Å². The van der Waals surface area contributed by atoms with Crippen LogP contribution < -0.4 is 4.90 Å². The highest BCUT2D eigenvalue weighted by Gasteiger charge is 2.42. The summed E-state index contributed by atoms with van der Waals surface area (Å²) in [5, 5.41) is -1.81. The van der Waals surface area contributed by atoms with Gasteiger partial charge in [-0.1, -0.05) is 29.3 Å². The van der Waals surface area contributed by atoms with Gasteiger partial charge in [-0.25, -0.2) is 32.1 Å². The third-order valence-electron chi connectivity index (χ3n) is 4.53.